The Balaban J connectivity index is 1.52. The minimum atomic E-state index is -1.20. The number of ether oxygens (including phenoxy) is 2. The molecule has 0 saturated heterocycles. The van der Waals surface area contributed by atoms with Gasteiger partial charge in [-0.15, -0.1) is 0 Å². The van der Waals surface area contributed by atoms with Crippen molar-refractivity contribution in [3.63, 3.8) is 0 Å². The zero-order valence-electron chi connectivity index (χ0n) is 18.4. The molecule has 174 valence electrons. The molecule has 0 radical (unpaired) electrons. The number of nitrogens with zero attached hydrogens (tertiary/aromatic N) is 4. The summed E-state index contributed by atoms with van der Waals surface area (Å²) in [5.41, 5.74) is 8.40. The van der Waals surface area contributed by atoms with Crippen LogP contribution in [0, 0.1) is 11.3 Å². The maximum absolute atomic E-state index is 11.0. The Labute approximate surface area is 199 Å². The first kappa shape index (κ1) is 22.8. The first-order valence-electron chi connectivity index (χ1n) is 10.2. The molecule has 35 heavy (non-hydrogen) atoms. The van der Waals surface area contributed by atoms with E-state index in [0.29, 0.717) is 40.0 Å². The van der Waals surface area contributed by atoms with Crippen LogP contribution in [0.1, 0.15) is 5.69 Å². The lowest BCUT2D eigenvalue weighted by Crippen LogP contribution is -2.08. The summed E-state index contributed by atoms with van der Waals surface area (Å²) >= 11 is 0. The molecule has 0 atom stereocenters. The predicted molar refractivity (Wildman–Crippen MR) is 129 cm³/mol. The number of carboxylic acid groups (broad SMARTS) is 1. The number of nitrogens with one attached hydrogen (secondary N) is 2. The van der Waals surface area contributed by atoms with Gasteiger partial charge in [0.1, 0.15) is 34.8 Å². The van der Waals surface area contributed by atoms with Crippen molar-refractivity contribution in [2.75, 3.05) is 23.5 Å². The number of anilines is 4. The molecule has 0 aliphatic carbocycles. The fourth-order valence-electron chi connectivity index (χ4n) is 3.17. The van der Waals surface area contributed by atoms with Gasteiger partial charge in [0.15, 0.2) is 0 Å². The van der Waals surface area contributed by atoms with Crippen LogP contribution in [0.3, 0.4) is 0 Å². The average molecular weight is 469 g/mol. The number of carbonyl (C=O) groups is 1. The van der Waals surface area contributed by atoms with E-state index in [1.807, 2.05) is 6.07 Å². The highest BCUT2D eigenvalue weighted by Crippen LogP contribution is 2.32. The van der Waals surface area contributed by atoms with Crippen molar-refractivity contribution in [1.82, 2.24) is 15.0 Å². The SMILES string of the molecule is COc1cc(-c2cc(Nc3ccc(Oc4ccnc(C#N)c4)cc3)nc(N)n2)ccc1NC(=O)O. The highest BCUT2D eigenvalue weighted by molar-refractivity contribution is 5.86. The molecule has 2 heterocycles. The van der Waals surface area contributed by atoms with Crippen molar-refractivity contribution in [3.05, 3.63) is 72.6 Å². The summed E-state index contributed by atoms with van der Waals surface area (Å²) in [5, 5.41) is 23.4. The van der Waals surface area contributed by atoms with E-state index in [1.54, 1.807) is 60.7 Å². The monoisotopic (exact) mass is 469 g/mol. The van der Waals surface area contributed by atoms with Gasteiger partial charge in [-0.1, -0.05) is 6.07 Å². The smallest absolute Gasteiger partial charge is 0.409 e. The largest absolute Gasteiger partial charge is 0.495 e. The summed E-state index contributed by atoms with van der Waals surface area (Å²) in [6, 6.07) is 19.0. The summed E-state index contributed by atoms with van der Waals surface area (Å²) in [6.45, 7) is 0. The Morgan fingerprint density at radius 2 is 1.86 bits per heavy atom. The first-order valence-corrected chi connectivity index (χ1v) is 10.2. The number of nitrogen functional groups attached to an aromatic ring is 1. The molecule has 2 aromatic heterocycles. The minimum absolute atomic E-state index is 0.0580. The van der Waals surface area contributed by atoms with Gasteiger partial charge < -0.3 is 25.6 Å². The molecule has 5 N–H and O–H groups in total. The van der Waals surface area contributed by atoms with E-state index < -0.39 is 6.09 Å². The van der Waals surface area contributed by atoms with Crippen LogP contribution in [0.25, 0.3) is 11.3 Å². The quantitative estimate of drug-likeness (QED) is 0.299. The second kappa shape index (κ2) is 10.1. The second-order valence-corrected chi connectivity index (χ2v) is 7.08. The van der Waals surface area contributed by atoms with Crippen LogP contribution in [0.15, 0.2) is 66.9 Å². The maximum Gasteiger partial charge on any atom is 0.409 e. The van der Waals surface area contributed by atoms with E-state index in [1.165, 1.54) is 13.3 Å². The summed E-state index contributed by atoms with van der Waals surface area (Å²) in [4.78, 5) is 23.4. The molecule has 1 amide bonds. The second-order valence-electron chi connectivity index (χ2n) is 7.08. The van der Waals surface area contributed by atoms with Crippen molar-refractivity contribution < 1.29 is 19.4 Å². The highest BCUT2D eigenvalue weighted by Gasteiger charge is 2.11. The maximum atomic E-state index is 11.0. The lowest BCUT2D eigenvalue weighted by Gasteiger charge is -2.12. The van der Waals surface area contributed by atoms with E-state index in [2.05, 4.69) is 25.6 Å². The van der Waals surface area contributed by atoms with Gasteiger partial charge in [-0.3, -0.25) is 5.32 Å². The van der Waals surface area contributed by atoms with Crippen LogP contribution in [0.2, 0.25) is 0 Å². The van der Waals surface area contributed by atoms with Crippen LogP contribution >= 0.6 is 0 Å². The number of nitrogens with two attached hydrogens (primary N) is 1. The Morgan fingerprint density at radius 1 is 1.06 bits per heavy atom. The third-order valence-corrected chi connectivity index (χ3v) is 4.69. The lowest BCUT2D eigenvalue weighted by atomic mass is 10.1. The lowest BCUT2D eigenvalue weighted by molar-refractivity contribution is 0.209. The van der Waals surface area contributed by atoms with Gasteiger partial charge in [0, 0.05) is 29.6 Å². The molecule has 0 fully saturated rings. The van der Waals surface area contributed by atoms with E-state index in [-0.39, 0.29) is 11.6 Å². The van der Waals surface area contributed by atoms with Crippen molar-refractivity contribution in [2.24, 2.45) is 0 Å². The third-order valence-electron chi connectivity index (χ3n) is 4.69. The molecule has 0 saturated carbocycles. The van der Waals surface area contributed by atoms with Crippen LogP contribution in [0.5, 0.6) is 17.2 Å². The van der Waals surface area contributed by atoms with Crippen molar-refractivity contribution >= 4 is 29.2 Å². The number of methoxy groups -OCH3 is 1. The number of amides is 1. The molecule has 0 bridgehead atoms. The summed E-state index contributed by atoms with van der Waals surface area (Å²) in [5.74, 6) is 1.94. The van der Waals surface area contributed by atoms with Gasteiger partial charge in [0.25, 0.3) is 0 Å². The van der Waals surface area contributed by atoms with Crippen molar-refractivity contribution in [1.29, 1.82) is 5.26 Å². The fourth-order valence-corrected chi connectivity index (χ4v) is 3.17. The number of rotatable bonds is 7. The number of hydrogen-bond donors (Lipinski definition) is 4. The van der Waals surface area contributed by atoms with Crippen molar-refractivity contribution in [2.45, 2.75) is 0 Å². The van der Waals surface area contributed by atoms with Gasteiger partial charge >= 0.3 is 6.09 Å². The zero-order valence-corrected chi connectivity index (χ0v) is 18.4. The fraction of sp³-hybridized carbons (Fsp3) is 0.0417. The van der Waals surface area contributed by atoms with E-state index >= 15 is 0 Å². The minimum Gasteiger partial charge on any atom is -0.495 e. The van der Waals surface area contributed by atoms with Crippen LogP contribution in [-0.4, -0.2) is 33.3 Å². The van der Waals surface area contributed by atoms with Gasteiger partial charge in [0.05, 0.1) is 18.5 Å². The Morgan fingerprint density at radius 3 is 2.57 bits per heavy atom. The Bertz CT molecular complexity index is 1420. The molecule has 0 spiro atoms. The normalized spacial score (nSPS) is 10.2. The van der Waals surface area contributed by atoms with Gasteiger partial charge in [-0.2, -0.15) is 10.2 Å². The molecule has 11 heteroatoms. The van der Waals surface area contributed by atoms with Crippen molar-refractivity contribution in [3.8, 4) is 34.6 Å². The van der Waals surface area contributed by atoms with Crippen LogP contribution in [-0.2, 0) is 0 Å². The molecule has 2 aromatic carbocycles. The molecular formula is C24H19N7O4. The zero-order chi connectivity index (χ0) is 24.8. The average Bonchev–Trinajstić information content (AvgIpc) is 2.85. The first-order chi connectivity index (χ1) is 16.9. The summed E-state index contributed by atoms with van der Waals surface area (Å²) in [6.07, 6.45) is 0.310. The van der Waals surface area contributed by atoms with Gasteiger partial charge in [-0.05, 0) is 42.5 Å². The molecule has 4 rings (SSSR count). The molecule has 0 aliphatic heterocycles. The van der Waals surface area contributed by atoms with Gasteiger partial charge in [0.2, 0.25) is 5.95 Å². The van der Waals surface area contributed by atoms with E-state index in [9.17, 15) is 4.79 Å². The molecular weight excluding hydrogens is 450 g/mol. The van der Waals surface area contributed by atoms with Gasteiger partial charge in [-0.25, -0.2) is 14.8 Å². The molecule has 4 aromatic rings. The van der Waals surface area contributed by atoms with Crippen LogP contribution in [0.4, 0.5) is 27.9 Å². The Kier molecular flexibility index (Phi) is 6.55. The predicted octanol–water partition coefficient (Wildman–Crippen LogP) is 4.63. The van der Waals surface area contributed by atoms with Crippen LogP contribution < -0.4 is 25.8 Å². The Hall–Kier alpha value is -5.37. The molecule has 11 nitrogen and oxygen atoms in total. The highest BCUT2D eigenvalue weighted by atomic mass is 16.5. The number of nitriles is 1. The number of aromatic nitrogens is 3. The van der Waals surface area contributed by atoms with E-state index in [0.717, 1.165) is 5.69 Å². The summed E-state index contributed by atoms with van der Waals surface area (Å²) < 4.78 is 11.0. The number of pyridine rings is 1. The third kappa shape index (κ3) is 5.71. The summed E-state index contributed by atoms with van der Waals surface area (Å²) in [7, 11) is 1.44. The number of hydrogen-bond acceptors (Lipinski definition) is 9. The van der Waals surface area contributed by atoms with E-state index in [4.69, 9.17) is 25.6 Å². The standard InChI is InChI=1S/C24H19N7O4/c1-34-21-10-14(2-7-19(21)30-24(32)33)20-12-22(31-23(26)29-20)28-15-3-5-17(6-4-15)35-18-8-9-27-16(11-18)13-25/h2-12,30H,1H3,(H,32,33)(H3,26,28,29,31). The molecule has 0 unspecified atom stereocenters. The topological polar surface area (TPSA) is 168 Å². The molecule has 0 aliphatic rings. The number of benzene rings is 2.